The van der Waals surface area contributed by atoms with Crippen molar-refractivity contribution in [1.82, 2.24) is 15.5 Å². The van der Waals surface area contributed by atoms with E-state index in [1.807, 2.05) is 0 Å². The second kappa shape index (κ2) is 6.45. The quantitative estimate of drug-likeness (QED) is 0.795. The van der Waals surface area contributed by atoms with Crippen LogP contribution in [0.5, 0.6) is 0 Å². The molecule has 2 rings (SSSR count). The van der Waals surface area contributed by atoms with Crippen molar-refractivity contribution in [3.63, 3.8) is 0 Å². The second-order valence-electron chi connectivity index (χ2n) is 3.68. The van der Waals surface area contributed by atoms with Crippen molar-refractivity contribution >= 4 is 5.91 Å². The van der Waals surface area contributed by atoms with Gasteiger partial charge in [0.25, 0.3) is 5.91 Å². The van der Waals surface area contributed by atoms with Crippen molar-refractivity contribution in [2.75, 3.05) is 6.61 Å². The van der Waals surface area contributed by atoms with E-state index in [1.165, 1.54) is 12.1 Å². The lowest BCUT2D eigenvalue weighted by Crippen LogP contribution is -2.23. The van der Waals surface area contributed by atoms with Crippen LogP contribution in [0.1, 0.15) is 21.7 Å². The lowest BCUT2D eigenvalue weighted by Gasteiger charge is -2.03. The fourth-order valence-electron chi connectivity index (χ4n) is 1.42. The molecule has 0 aliphatic rings. The third-order valence-electron chi connectivity index (χ3n) is 2.35. The Morgan fingerprint density at radius 1 is 1.50 bits per heavy atom. The van der Waals surface area contributed by atoms with E-state index >= 15 is 0 Å². The van der Waals surface area contributed by atoms with Crippen molar-refractivity contribution in [1.29, 1.82) is 0 Å². The summed E-state index contributed by atoms with van der Waals surface area (Å²) in [4.78, 5) is 15.5. The molecule has 0 bridgehead atoms. The molecular formula is C13H10FN3O3. The number of aliphatic hydroxyl groups is 1. The maximum absolute atomic E-state index is 13.6. The molecule has 1 amide bonds. The molecule has 0 saturated heterocycles. The van der Waals surface area contributed by atoms with Gasteiger partial charge in [-0.05, 0) is 18.2 Å². The van der Waals surface area contributed by atoms with Gasteiger partial charge >= 0.3 is 0 Å². The normalized spacial score (nSPS) is 9.70. The number of halogens is 1. The van der Waals surface area contributed by atoms with Gasteiger partial charge in [0.05, 0.1) is 12.1 Å². The van der Waals surface area contributed by atoms with E-state index in [1.54, 1.807) is 0 Å². The summed E-state index contributed by atoms with van der Waals surface area (Å²) < 4.78 is 18.2. The average Bonchev–Trinajstić information content (AvgIpc) is 2.96. The van der Waals surface area contributed by atoms with Crippen molar-refractivity contribution < 1.29 is 18.8 Å². The highest BCUT2D eigenvalue weighted by Crippen LogP contribution is 2.09. The Bertz CT molecular complexity index is 659. The second-order valence-corrected chi connectivity index (χ2v) is 3.68. The predicted molar refractivity (Wildman–Crippen MR) is 65.8 cm³/mol. The SMILES string of the molecule is O=C(NCc1ncon1)c1ccc(C#CCO)c(F)c1. The first-order valence-electron chi connectivity index (χ1n) is 5.63. The molecule has 0 fully saturated rings. The van der Waals surface area contributed by atoms with Gasteiger partial charge in [-0.2, -0.15) is 4.98 Å². The van der Waals surface area contributed by atoms with E-state index in [0.717, 1.165) is 12.5 Å². The number of nitrogens with zero attached hydrogens (tertiary/aromatic N) is 2. The van der Waals surface area contributed by atoms with Crippen LogP contribution in [-0.2, 0) is 6.54 Å². The summed E-state index contributed by atoms with van der Waals surface area (Å²) in [6.45, 7) is -0.268. The van der Waals surface area contributed by atoms with E-state index in [4.69, 9.17) is 5.11 Å². The van der Waals surface area contributed by atoms with Crippen LogP contribution in [0.2, 0.25) is 0 Å². The smallest absolute Gasteiger partial charge is 0.251 e. The van der Waals surface area contributed by atoms with Gasteiger partial charge in [0.1, 0.15) is 12.4 Å². The monoisotopic (exact) mass is 275 g/mol. The molecule has 102 valence electrons. The maximum atomic E-state index is 13.6. The number of aromatic nitrogens is 2. The van der Waals surface area contributed by atoms with Gasteiger partial charge in [-0.1, -0.05) is 17.0 Å². The zero-order valence-electron chi connectivity index (χ0n) is 10.3. The molecule has 0 saturated carbocycles. The highest BCUT2D eigenvalue weighted by molar-refractivity contribution is 5.94. The summed E-state index contributed by atoms with van der Waals surface area (Å²) in [5.41, 5.74) is 0.273. The molecule has 2 N–H and O–H groups in total. The molecule has 1 aromatic carbocycles. The van der Waals surface area contributed by atoms with Crippen molar-refractivity contribution in [3.05, 3.63) is 47.4 Å². The van der Waals surface area contributed by atoms with Crippen molar-refractivity contribution in [3.8, 4) is 11.8 Å². The number of rotatable bonds is 3. The molecule has 0 spiro atoms. The van der Waals surface area contributed by atoms with Crippen molar-refractivity contribution in [2.24, 2.45) is 0 Å². The Labute approximate surface area is 113 Å². The molecule has 0 unspecified atom stereocenters. The minimum absolute atomic E-state index is 0.0863. The highest BCUT2D eigenvalue weighted by Gasteiger charge is 2.09. The molecule has 0 radical (unpaired) electrons. The van der Waals surface area contributed by atoms with Crippen LogP contribution in [0.25, 0.3) is 0 Å². The minimum Gasteiger partial charge on any atom is -0.384 e. The predicted octanol–water partition coefficient (Wildman–Crippen LogP) is 0.482. The number of hydrogen-bond acceptors (Lipinski definition) is 5. The summed E-state index contributed by atoms with van der Waals surface area (Å²) in [5, 5.41) is 14.6. The van der Waals surface area contributed by atoms with Gasteiger partial charge in [-0.15, -0.1) is 0 Å². The third kappa shape index (κ3) is 3.40. The Morgan fingerprint density at radius 3 is 3.00 bits per heavy atom. The Kier molecular flexibility index (Phi) is 4.42. The number of hydrogen-bond donors (Lipinski definition) is 2. The van der Waals surface area contributed by atoms with Crippen LogP contribution in [0.3, 0.4) is 0 Å². The molecule has 20 heavy (non-hydrogen) atoms. The van der Waals surface area contributed by atoms with Crippen LogP contribution in [0, 0.1) is 17.7 Å². The van der Waals surface area contributed by atoms with Crippen molar-refractivity contribution in [2.45, 2.75) is 6.54 Å². The molecule has 7 heteroatoms. The summed E-state index contributed by atoms with van der Waals surface area (Å²) in [7, 11) is 0. The molecule has 2 aromatic rings. The van der Waals surface area contributed by atoms with Crippen LogP contribution < -0.4 is 5.32 Å². The van der Waals surface area contributed by atoms with Crippen LogP contribution >= 0.6 is 0 Å². The van der Waals surface area contributed by atoms with Crippen LogP contribution in [0.15, 0.2) is 29.1 Å². The molecular weight excluding hydrogens is 265 g/mol. The Hall–Kier alpha value is -2.72. The standard InChI is InChI=1S/C13H10FN3O3/c14-11-6-10(4-3-9(11)2-1-5-18)13(19)15-7-12-16-8-20-17-12/h3-4,6,8,18H,5,7H2,(H,15,19). The zero-order chi connectivity index (χ0) is 14.4. The Morgan fingerprint density at radius 2 is 2.35 bits per heavy atom. The summed E-state index contributed by atoms with van der Waals surface area (Å²) in [6.07, 6.45) is 1.15. The summed E-state index contributed by atoms with van der Waals surface area (Å²) >= 11 is 0. The summed E-state index contributed by atoms with van der Waals surface area (Å²) in [6, 6.07) is 3.89. The molecule has 1 heterocycles. The molecule has 0 aliphatic heterocycles. The highest BCUT2D eigenvalue weighted by atomic mass is 19.1. The average molecular weight is 275 g/mol. The number of benzene rings is 1. The lowest BCUT2D eigenvalue weighted by atomic mass is 10.1. The fraction of sp³-hybridized carbons (Fsp3) is 0.154. The number of aliphatic hydroxyl groups excluding tert-OH is 1. The van der Waals surface area contributed by atoms with E-state index in [9.17, 15) is 9.18 Å². The minimum atomic E-state index is -0.627. The van der Waals surface area contributed by atoms with Gasteiger partial charge in [-0.25, -0.2) is 4.39 Å². The van der Waals surface area contributed by atoms with Crippen LogP contribution in [0.4, 0.5) is 4.39 Å². The van der Waals surface area contributed by atoms with Gasteiger partial charge in [0.2, 0.25) is 6.39 Å². The first-order valence-corrected chi connectivity index (χ1v) is 5.63. The molecule has 6 nitrogen and oxygen atoms in total. The van der Waals surface area contributed by atoms with Gasteiger partial charge in [-0.3, -0.25) is 4.79 Å². The first-order chi connectivity index (χ1) is 9.70. The largest absolute Gasteiger partial charge is 0.384 e. The van der Waals surface area contributed by atoms with E-state index < -0.39 is 11.7 Å². The van der Waals surface area contributed by atoms with Gasteiger partial charge in [0, 0.05) is 5.56 Å². The summed E-state index contributed by atoms with van der Waals surface area (Å²) in [5.74, 6) is 4.01. The first kappa shape index (κ1) is 13.7. The number of nitrogens with one attached hydrogen (secondary N) is 1. The maximum Gasteiger partial charge on any atom is 0.251 e. The molecule has 0 aliphatic carbocycles. The third-order valence-corrected chi connectivity index (χ3v) is 2.35. The van der Waals surface area contributed by atoms with E-state index in [-0.39, 0.29) is 24.3 Å². The molecule has 1 aromatic heterocycles. The fourth-order valence-corrected chi connectivity index (χ4v) is 1.42. The lowest BCUT2D eigenvalue weighted by molar-refractivity contribution is 0.0949. The zero-order valence-corrected chi connectivity index (χ0v) is 10.3. The number of carbonyl (C=O) groups is 1. The van der Waals surface area contributed by atoms with E-state index in [0.29, 0.717) is 5.82 Å². The van der Waals surface area contributed by atoms with Crippen LogP contribution in [-0.4, -0.2) is 27.8 Å². The Balaban J connectivity index is 2.05. The van der Waals surface area contributed by atoms with Gasteiger partial charge < -0.3 is 14.9 Å². The number of amides is 1. The number of carbonyl (C=O) groups excluding carboxylic acids is 1. The van der Waals surface area contributed by atoms with E-state index in [2.05, 4.69) is 31.8 Å². The molecule has 0 atom stereocenters. The topological polar surface area (TPSA) is 88.3 Å². The van der Waals surface area contributed by atoms with Gasteiger partial charge in [0.15, 0.2) is 5.82 Å².